The highest BCUT2D eigenvalue weighted by atomic mass is 16.2. The first-order valence-corrected chi connectivity index (χ1v) is 7.82. The third kappa shape index (κ3) is 2.73. The second-order valence-corrected chi connectivity index (χ2v) is 6.07. The number of amides is 1. The third-order valence-electron chi connectivity index (χ3n) is 4.84. The predicted octanol–water partition coefficient (Wildman–Crippen LogP) is 2.83. The SMILES string of the molecule is CC(=O)N1CCN(C2CCCC2)C[C@H]1c1ccccc1. The van der Waals surface area contributed by atoms with Crippen LogP contribution >= 0.6 is 0 Å². The molecule has 1 aliphatic heterocycles. The average Bonchev–Trinajstić information content (AvgIpc) is 3.02. The highest BCUT2D eigenvalue weighted by Crippen LogP contribution is 2.31. The maximum Gasteiger partial charge on any atom is 0.220 e. The summed E-state index contributed by atoms with van der Waals surface area (Å²) < 4.78 is 0. The summed E-state index contributed by atoms with van der Waals surface area (Å²) in [5.41, 5.74) is 1.27. The third-order valence-corrected chi connectivity index (χ3v) is 4.84. The Morgan fingerprint density at radius 2 is 1.80 bits per heavy atom. The van der Waals surface area contributed by atoms with Crippen molar-refractivity contribution in [1.82, 2.24) is 9.80 Å². The molecular weight excluding hydrogens is 248 g/mol. The number of hydrogen-bond donors (Lipinski definition) is 0. The van der Waals surface area contributed by atoms with Gasteiger partial charge in [-0.2, -0.15) is 0 Å². The van der Waals surface area contributed by atoms with E-state index in [0.717, 1.165) is 25.7 Å². The fraction of sp³-hybridized carbons (Fsp3) is 0.588. The van der Waals surface area contributed by atoms with Crippen molar-refractivity contribution in [2.24, 2.45) is 0 Å². The predicted molar refractivity (Wildman–Crippen MR) is 80.4 cm³/mol. The Morgan fingerprint density at radius 3 is 2.45 bits per heavy atom. The molecular formula is C17H24N2O. The molecule has 1 saturated heterocycles. The zero-order valence-electron chi connectivity index (χ0n) is 12.3. The van der Waals surface area contributed by atoms with Crippen LogP contribution in [-0.2, 0) is 4.79 Å². The van der Waals surface area contributed by atoms with Crippen molar-refractivity contribution in [3.8, 4) is 0 Å². The Morgan fingerprint density at radius 1 is 1.10 bits per heavy atom. The van der Waals surface area contributed by atoms with E-state index in [2.05, 4.69) is 29.2 Å². The second-order valence-electron chi connectivity index (χ2n) is 6.07. The van der Waals surface area contributed by atoms with Crippen LogP contribution in [-0.4, -0.2) is 41.4 Å². The standard InChI is InChI=1S/C17H24N2O/c1-14(20)19-12-11-18(16-9-5-6-10-16)13-17(19)15-7-3-2-4-8-15/h2-4,7-8,16-17H,5-6,9-13H2,1H3/t17-/m0/s1. The smallest absolute Gasteiger partial charge is 0.220 e. The van der Waals surface area contributed by atoms with Gasteiger partial charge in [-0.3, -0.25) is 9.69 Å². The van der Waals surface area contributed by atoms with Crippen LogP contribution in [0.5, 0.6) is 0 Å². The topological polar surface area (TPSA) is 23.6 Å². The Hall–Kier alpha value is -1.35. The molecule has 0 unspecified atom stereocenters. The Balaban J connectivity index is 1.79. The van der Waals surface area contributed by atoms with Gasteiger partial charge in [0.05, 0.1) is 6.04 Å². The van der Waals surface area contributed by atoms with Crippen molar-refractivity contribution >= 4 is 5.91 Å². The zero-order valence-corrected chi connectivity index (χ0v) is 12.3. The molecule has 1 amide bonds. The zero-order chi connectivity index (χ0) is 13.9. The van der Waals surface area contributed by atoms with Crippen LogP contribution in [0.4, 0.5) is 0 Å². The van der Waals surface area contributed by atoms with E-state index in [1.54, 1.807) is 6.92 Å². The van der Waals surface area contributed by atoms with Crippen molar-refractivity contribution in [3.05, 3.63) is 35.9 Å². The molecule has 1 aliphatic carbocycles. The van der Waals surface area contributed by atoms with Gasteiger partial charge in [-0.15, -0.1) is 0 Å². The molecule has 0 bridgehead atoms. The summed E-state index contributed by atoms with van der Waals surface area (Å²) in [5, 5.41) is 0. The molecule has 1 heterocycles. The number of hydrogen-bond acceptors (Lipinski definition) is 2. The maximum absolute atomic E-state index is 11.9. The van der Waals surface area contributed by atoms with Gasteiger partial charge < -0.3 is 4.90 Å². The molecule has 0 aromatic heterocycles. The minimum atomic E-state index is 0.199. The molecule has 3 heteroatoms. The van der Waals surface area contributed by atoms with Crippen LogP contribution in [0.15, 0.2) is 30.3 Å². The van der Waals surface area contributed by atoms with Gasteiger partial charge in [0.2, 0.25) is 5.91 Å². The van der Waals surface area contributed by atoms with E-state index in [1.165, 1.54) is 31.2 Å². The molecule has 3 nitrogen and oxygen atoms in total. The van der Waals surface area contributed by atoms with Crippen LogP contribution < -0.4 is 0 Å². The van der Waals surface area contributed by atoms with E-state index in [0.29, 0.717) is 0 Å². The van der Waals surface area contributed by atoms with Crippen LogP contribution in [0.2, 0.25) is 0 Å². The van der Waals surface area contributed by atoms with Crippen molar-refractivity contribution in [2.45, 2.75) is 44.7 Å². The molecule has 1 aromatic rings. The number of benzene rings is 1. The van der Waals surface area contributed by atoms with Crippen molar-refractivity contribution < 1.29 is 4.79 Å². The summed E-state index contributed by atoms with van der Waals surface area (Å²) in [6.45, 7) is 4.59. The maximum atomic E-state index is 11.9. The van der Waals surface area contributed by atoms with Gasteiger partial charge in [0.25, 0.3) is 0 Å². The Labute approximate surface area is 121 Å². The molecule has 1 aromatic carbocycles. The largest absolute Gasteiger partial charge is 0.333 e. The van der Waals surface area contributed by atoms with E-state index in [1.807, 2.05) is 11.0 Å². The quantitative estimate of drug-likeness (QED) is 0.826. The molecule has 108 valence electrons. The first kappa shape index (κ1) is 13.6. The van der Waals surface area contributed by atoms with E-state index in [-0.39, 0.29) is 11.9 Å². The second kappa shape index (κ2) is 5.96. The number of rotatable bonds is 2. The normalized spacial score (nSPS) is 25.1. The van der Waals surface area contributed by atoms with E-state index in [9.17, 15) is 4.79 Å². The highest BCUT2D eigenvalue weighted by Gasteiger charge is 2.33. The van der Waals surface area contributed by atoms with Crippen molar-refractivity contribution in [1.29, 1.82) is 0 Å². The molecule has 3 rings (SSSR count). The lowest BCUT2D eigenvalue weighted by molar-refractivity contribution is -0.134. The molecule has 0 N–H and O–H groups in total. The van der Waals surface area contributed by atoms with Gasteiger partial charge in [0.1, 0.15) is 0 Å². The van der Waals surface area contributed by atoms with Gasteiger partial charge >= 0.3 is 0 Å². The van der Waals surface area contributed by atoms with E-state index >= 15 is 0 Å². The Kier molecular flexibility index (Phi) is 4.06. The average molecular weight is 272 g/mol. The minimum absolute atomic E-state index is 0.199. The van der Waals surface area contributed by atoms with Crippen molar-refractivity contribution in [2.75, 3.05) is 19.6 Å². The monoisotopic (exact) mass is 272 g/mol. The van der Waals surface area contributed by atoms with Crippen LogP contribution in [0.1, 0.15) is 44.2 Å². The summed E-state index contributed by atoms with van der Waals surface area (Å²) in [5.74, 6) is 0.199. The van der Waals surface area contributed by atoms with Gasteiger partial charge in [-0.25, -0.2) is 0 Å². The Bertz CT molecular complexity index is 453. The number of piperazine rings is 1. The molecule has 1 atom stereocenters. The summed E-state index contributed by atoms with van der Waals surface area (Å²) in [7, 11) is 0. The van der Waals surface area contributed by atoms with Crippen LogP contribution in [0.3, 0.4) is 0 Å². The fourth-order valence-corrected chi connectivity index (χ4v) is 3.74. The number of carbonyl (C=O) groups excluding carboxylic acids is 1. The first-order chi connectivity index (χ1) is 9.75. The van der Waals surface area contributed by atoms with Gasteiger partial charge in [0.15, 0.2) is 0 Å². The van der Waals surface area contributed by atoms with Gasteiger partial charge in [-0.05, 0) is 18.4 Å². The summed E-state index contributed by atoms with van der Waals surface area (Å²) >= 11 is 0. The molecule has 20 heavy (non-hydrogen) atoms. The van der Waals surface area contributed by atoms with Crippen LogP contribution in [0, 0.1) is 0 Å². The fourth-order valence-electron chi connectivity index (χ4n) is 3.74. The highest BCUT2D eigenvalue weighted by molar-refractivity contribution is 5.74. The van der Waals surface area contributed by atoms with Gasteiger partial charge in [-0.1, -0.05) is 43.2 Å². The van der Waals surface area contributed by atoms with Crippen molar-refractivity contribution in [3.63, 3.8) is 0 Å². The molecule has 2 aliphatic rings. The van der Waals surface area contributed by atoms with E-state index < -0.39 is 0 Å². The summed E-state index contributed by atoms with van der Waals surface area (Å²) in [4.78, 5) is 16.6. The number of carbonyl (C=O) groups is 1. The number of nitrogens with zero attached hydrogens (tertiary/aromatic N) is 2. The molecule has 0 spiro atoms. The lowest BCUT2D eigenvalue weighted by atomic mass is 10.0. The van der Waals surface area contributed by atoms with Gasteiger partial charge in [0, 0.05) is 32.6 Å². The minimum Gasteiger partial charge on any atom is -0.333 e. The molecule has 2 fully saturated rings. The first-order valence-electron chi connectivity index (χ1n) is 7.82. The lowest BCUT2D eigenvalue weighted by Gasteiger charge is -2.43. The molecule has 0 radical (unpaired) electrons. The van der Waals surface area contributed by atoms with E-state index in [4.69, 9.17) is 0 Å². The summed E-state index contributed by atoms with van der Waals surface area (Å²) in [6, 6.07) is 11.5. The van der Waals surface area contributed by atoms with Crippen LogP contribution in [0.25, 0.3) is 0 Å². The lowest BCUT2D eigenvalue weighted by Crippen LogP contribution is -2.52. The summed E-state index contributed by atoms with van der Waals surface area (Å²) in [6.07, 6.45) is 5.41. The molecule has 1 saturated carbocycles.